The lowest BCUT2D eigenvalue weighted by Gasteiger charge is -2.30. The van der Waals surface area contributed by atoms with Gasteiger partial charge in [0.2, 0.25) is 11.8 Å². The summed E-state index contributed by atoms with van der Waals surface area (Å²) in [6.07, 6.45) is 0. The second-order valence-corrected chi connectivity index (χ2v) is 6.07. The summed E-state index contributed by atoms with van der Waals surface area (Å²) in [6, 6.07) is 7.25. The molecule has 0 aliphatic rings. The first kappa shape index (κ1) is 19.9. The number of nitrogens with zero attached hydrogens (tertiary/aromatic N) is 2. The third-order valence-corrected chi connectivity index (χ3v) is 3.63. The average molecular weight is 379 g/mol. The molecule has 0 saturated heterocycles. The van der Waals surface area contributed by atoms with E-state index in [0.29, 0.717) is 5.56 Å². The summed E-state index contributed by atoms with van der Waals surface area (Å²) in [6.45, 7) is 1.66. The van der Waals surface area contributed by atoms with Crippen molar-refractivity contribution in [3.05, 3.63) is 34.3 Å². The number of rotatable bonds is 4. The number of nitrogens with two attached hydrogens (primary N) is 1. The van der Waals surface area contributed by atoms with E-state index in [9.17, 15) is 9.59 Å². The fraction of sp³-hybridized carbons (Fsp3) is 0.429. The van der Waals surface area contributed by atoms with Crippen LogP contribution < -0.4 is 5.73 Å². The molecule has 1 rings (SSSR count). The average Bonchev–Trinajstić information content (AvgIpc) is 2.37. The molecule has 1 atom stereocenters. The van der Waals surface area contributed by atoms with Crippen molar-refractivity contribution in [1.29, 1.82) is 0 Å². The van der Waals surface area contributed by atoms with E-state index in [0.717, 1.165) is 4.47 Å². The van der Waals surface area contributed by atoms with Crippen molar-refractivity contribution >= 4 is 40.2 Å². The summed E-state index contributed by atoms with van der Waals surface area (Å²) in [4.78, 5) is 26.9. The Morgan fingerprint density at radius 1 is 1.19 bits per heavy atom. The second-order valence-electron chi connectivity index (χ2n) is 5.16. The van der Waals surface area contributed by atoms with Crippen molar-refractivity contribution in [1.82, 2.24) is 9.80 Å². The molecule has 0 heterocycles. The number of carbonyl (C=O) groups excluding carboxylic acids is 2. The molecule has 0 aliphatic carbocycles. The number of hydrogen-bond donors (Lipinski definition) is 1. The number of benzene rings is 1. The number of amides is 2. The lowest BCUT2D eigenvalue weighted by molar-refractivity contribution is -0.141. The predicted octanol–water partition coefficient (Wildman–Crippen LogP) is 1.59. The standard InChI is InChI=1S/C14H20BrN3O2.ClH/c1-14(16,10-5-7-11(15)8-6-10)13(20)18(4)9-12(19)17(2)3;/h5-8H,9,16H2,1-4H3;1H. The van der Waals surface area contributed by atoms with E-state index in [4.69, 9.17) is 5.73 Å². The van der Waals surface area contributed by atoms with Crippen LogP contribution >= 0.6 is 28.3 Å². The largest absolute Gasteiger partial charge is 0.347 e. The van der Waals surface area contributed by atoms with Gasteiger partial charge in [-0.1, -0.05) is 28.1 Å². The maximum atomic E-state index is 12.4. The third-order valence-electron chi connectivity index (χ3n) is 3.11. The predicted molar refractivity (Wildman–Crippen MR) is 89.3 cm³/mol. The molecular formula is C14H21BrClN3O2. The van der Waals surface area contributed by atoms with Gasteiger partial charge >= 0.3 is 0 Å². The number of carbonyl (C=O) groups is 2. The highest BCUT2D eigenvalue weighted by Gasteiger charge is 2.33. The molecule has 21 heavy (non-hydrogen) atoms. The minimum absolute atomic E-state index is 0. The number of halogens is 2. The van der Waals surface area contributed by atoms with Gasteiger partial charge in [-0.3, -0.25) is 9.59 Å². The van der Waals surface area contributed by atoms with Crippen molar-refractivity contribution in [2.45, 2.75) is 12.5 Å². The minimum Gasteiger partial charge on any atom is -0.347 e. The van der Waals surface area contributed by atoms with Crippen LogP contribution in [0.5, 0.6) is 0 Å². The van der Waals surface area contributed by atoms with Crippen LogP contribution in [0.3, 0.4) is 0 Å². The van der Waals surface area contributed by atoms with Crippen molar-refractivity contribution in [3.8, 4) is 0 Å². The molecule has 0 fully saturated rings. The van der Waals surface area contributed by atoms with E-state index in [1.165, 1.54) is 9.80 Å². The molecule has 2 amide bonds. The minimum atomic E-state index is -1.16. The molecule has 2 N–H and O–H groups in total. The van der Waals surface area contributed by atoms with Crippen LogP contribution in [-0.4, -0.2) is 49.3 Å². The Labute approximate surface area is 140 Å². The van der Waals surface area contributed by atoms with E-state index in [-0.39, 0.29) is 30.8 Å². The first-order valence-corrected chi connectivity index (χ1v) is 6.96. The van der Waals surface area contributed by atoms with Crippen molar-refractivity contribution in [3.63, 3.8) is 0 Å². The molecule has 1 aromatic rings. The van der Waals surface area contributed by atoms with Gasteiger partial charge < -0.3 is 15.5 Å². The molecular weight excluding hydrogens is 358 g/mol. The summed E-state index contributed by atoms with van der Waals surface area (Å²) >= 11 is 3.34. The van der Waals surface area contributed by atoms with Crippen molar-refractivity contribution in [2.24, 2.45) is 5.73 Å². The fourth-order valence-corrected chi connectivity index (χ4v) is 2.00. The van der Waals surface area contributed by atoms with Crippen LogP contribution in [-0.2, 0) is 15.1 Å². The van der Waals surface area contributed by atoms with Crippen LogP contribution in [0.15, 0.2) is 28.7 Å². The Balaban J connectivity index is 0.00000400. The topological polar surface area (TPSA) is 66.6 Å². The van der Waals surface area contributed by atoms with Crippen LogP contribution in [0.25, 0.3) is 0 Å². The Hall–Kier alpha value is -1.11. The van der Waals surface area contributed by atoms with Crippen molar-refractivity contribution in [2.75, 3.05) is 27.7 Å². The van der Waals surface area contributed by atoms with Crippen LogP contribution in [0.2, 0.25) is 0 Å². The van der Waals surface area contributed by atoms with Crippen LogP contribution in [0, 0.1) is 0 Å². The molecule has 0 aromatic heterocycles. The van der Waals surface area contributed by atoms with E-state index in [1.54, 1.807) is 40.2 Å². The molecule has 1 unspecified atom stereocenters. The molecule has 1 aromatic carbocycles. The molecule has 0 radical (unpaired) electrons. The molecule has 0 saturated carbocycles. The molecule has 5 nitrogen and oxygen atoms in total. The Bertz CT molecular complexity index is 503. The monoisotopic (exact) mass is 377 g/mol. The zero-order chi connectivity index (χ0) is 15.5. The smallest absolute Gasteiger partial charge is 0.247 e. The lowest BCUT2D eigenvalue weighted by atomic mass is 9.92. The van der Waals surface area contributed by atoms with Gasteiger partial charge in [0.15, 0.2) is 0 Å². The van der Waals surface area contributed by atoms with E-state index >= 15 is 0 Å². The molecule has 0 aliphatic heterocycles. The van der Waals surface area contributed by atoms with Crippen LogP contribution in [0.1, 0.15) is 12.5 Å². The van der Waals surface area contributed by atoms with E-state index in [1.807, 2.05) is 12.1 Å². The zero-order valence-corrected chi connectivity index (χ0v) is 15.0. The summed E-state index contributed by atoms with van der Waals surface area (Å²) in [5.74, 6) is -0.442. The highest BCUT2D eigenvalue weighted by Crippen LogP contribution is 2.22. The second kappa shape index (κ2) is 7.77. The number of likely N-dealkylation sites (N-methyl/N-ethyl adjacent to an activating group) is 2. The molecule has 0 bridgehead atoms. The lowest BCUT2D eigenvalue weighted by Crippen LogP contribution is -2.51. The Kier molecular flexibility index (Phi) is 7.36. The maximum absolute atomic E-state index is 12.4. The first-order valence-electron chi connectivity index (χ1n) is 6.17. The Morgan fingerprint density at radius 3 is 2.10 bits per heavy atom. The fourth-order valence-electron chi connectivity index (χ4n) is 1.73. The van der Waals surface area contributed by atoms with Gasteiger partial charge in [0.1, 0.15) is 5.54 Å². The van der Waals surface area contributed by atoms with Crippen LogP contribution in [0.4, 0.5) is 0 Å². The SMILES string of the molecule is CN(C)C(=O)CN(C)C(=O)C(C)(N)c1ccc(Br)cc1.Cl. The summed E-state index contributed by atoms with van der Waals surface area (Å²) < 4.78 is 0.917. The summed E-state index contributed by atoms with van der Waals surface area (Å²) in [5, 5.41) is 0. The Morgan fingerprint density at radius 2 is 1.67 bits per heavy atom. The van der Waals surface area contributed by atoms with Gasteiger partial charge in [0.25, 0.3) is 0 Å². The molecule has 0 spiro atoms. The summed E-state index contributed by atoms with van der Waals surface area (Å²) in [5.41, 5.74) is 5.69. The zero-order valence-electron chi connectivity index (χ0n) is 12.6. The first-order chi connectivity index (χ1) is 9.16. The van der Waals surface area contributed by atoms with Gasteiger partial charge in [0, 0.05) is 25.6 Å². The maximum Gasteiger partial charge on any atom is 0.247 e. The van der Waals surface area contributed by atoms with Gasteiger partial charge in [-0.2, -0.15) is 0 Å². The van der Waals surface area contributed by atoms with E-state index < -0.39 is 5.54 Å². The van der Waals surface area contributed by atoms with Gasteiger partial charge in [0.05, 0.1) is 6.54 Å². The van der Waals surface area contributed by atoms with Crippen molar-refractivity contribution < 1.29 is 9.59 Å². The summed E-state index contributed by atoms with van der Waals surface area (Å²) in [7, 11) is 4.88. The van der Waals surface area contributed by atoms with Gasteiger partial charge in [-0.15, -0.1) is 12.4 Å². The van der Waals surface area contributed by atoms with E-state index in [2.05, 4.69) is 15.9 Å². The van der Waals surface area contributed by atoms with Gasteiger partial charge in [-0.05, 0) is 24.6 Å². The third kappa shape index (κ3) is 4.98. The highest BCUT2D eigenvalue weighted by molar-refractivity contribution is 9.10. The quantitative estimate of drug-likeness (QED) is 0.865. The normalized spacial score (nSPS) is 12.9. The number of hydrogen-bond acceptors (Lipinski definition) is 3. The van der Waals surface area contributed by atoms with Gasteiger partial charge in [-0.25, -0.2) is 0 Å². The highest BCUT2D eigenvalue weighted by atomic mass is 79.9. The molecule has 118 valence electrons. The molecule has 7 heteroatoms.